The minimum Gasteiger partial charge on any atom is -0.334 e. The molecule has 1 saturated heterocycles. The molecule has 4 rings (SSSR count). The molecule has 0 spiro atoms. The number of rotatable bonds is 5. The number of carbonyl (C=O) groups excluding carboxylic acids is 1. The van der Waals surface area contributed by atoms with Crippen molar-refractivity contribution in [3.8, 4) is 0 Å². The van der Waals surface area contributed by atoms with E-state index in [0.29, 0.717) is 31.5 Å². The molecule has 13 heteroatoms. The second kappa shape index (κ2) is 9.19. The summed E-state index contributed by atoms with van der Waals surface area (Å²) in [6, 6.07) is 9.12. The third-order valence-electron chi connectivity index (χ3n) is 6.20. The minimum absolute atomic E-state index is 0.0604. The van der Waals surface area contributed by atoms with Crippen LogP contribution in [0.1, 0.15) is 18.4 Å². The van der Waals surface area contributed by atoms with Crippen LogP contribution in [0.5, 0.6) is 0 Å². The van der Waals surface area contributed by atoms with Crippen LogP contribution >= 0.6 is 0 Å². The lowest BCUT2D eigenvalue weighted by Crippen LogP contribution is -2.52. The van der Waals surface area contributed by atoms with Gasteiger partial charge in [0.05, 0.1) is 14.7 Å². The van der Waals surface area contributed by atoms with Gasteiger partial charge < -0.3 is 5.32 Å². The molecule has 1 N–H and O–H groups in total. The smallest absolute Gasteiger partial charge is 0.322 e. The van der Waals surface area contributed by atoms with Crippen LogP contribution < -0.4 is 10.2 Å². The van der Waals surface area contributed by atoms with E-state index in [-0.39, 0.29) is 33.8 Å². The van der Waals surface area contributed by atoms with Crippen molar-refractivity contribution in [3.63, 3.8) is 0 Å². The summed E-state index contributed by atoms with van der Waals surface area (Å²) < 4.78 is 75.0. The molecule has 0 radical (unpaired) electrons. The zero-order valence-corrected chi connectivity index (χ0v) is 21.8. The van der Waals surface area contributed by atoms with Crippen molar-refractivity contribution in [2.45, 2.75) is 40.0 Å². The van der Waals surface area contributed by atoms with E-state index in [1.54, 1.807) is 12.1 Å². The number of benzene rings is 2. The molecule has 190 valence electrons. The summed E-state index contributed by atoms with van der Waals surface area (Å²) in [4.78, 5) is 14.5. The van der Waals surface area contributed by atoms with E-state index in [0.717, 1.165) is 24.1 Å². The maximum Gasteiger partial charge on any atom is 0.322 e. The van der Waals surface area contributed by atoms with Crippen molar-refractivity contribution in [1.29, 1.82) is 0 Å². The van der Waals surface area contributed by atoms with Gasteiger partial charge in [-0.3, -0.25) is 4.90 Å². The zero-order valence-electron chi connectivity index (χ0n) is 19.3. The van der Waals surface area contributed by atoms with E-state index in [4.69, 9.17) is 0 Å². The van der Waals surface area contributed by atoms with Gasteiger partial charge in [-0.25, -0.2) is 30.0 Å². The number of anilines is 1. The van der Waals surface area contributed by atoms with E-state index in [2.05, 4.69) is 5.32 Å². The highest BCUT2D eigenvalue weighted by Gasteiger charge is 2.33. The lowest BCUT2D eigenvalue weighted by Gasteiger charge is -2.33. The van der Waals surface area contributed by atoms with E-state index in [1.165, 1.54) is 33.5 Å². The van der Waals surface area contributed by atoms with Gasteiger partial charge in [-0.2, -0.15) is 4.31 Å². The van der Waals surface area contributed by atoms with Crippen molar-refractivity contribution in [2.24, 2.45) is 0 Å². The molecular formula is C22H27N3O7S3. The van der Waals surface area contributed by atoms with Crippen molar-refractivity contribution in [1.82, 2.24) is 9.62 Å². The highest BCUT2D eigenvalue weighted by molar-refractivity contribution is 7.91. The largest absolute Gasteiger partial charge is 0.334 e. The Balaban J connectivity index is 1.48. The fraction of sp³-hybridized carbons (Fsp3) is 0.409. The predicted molar refractivity (Wildman–Crippen MR) is 130 cm³/mol. The third kappa shape index (κ3) is 5.37. The first-order valence-corrected chi connectivity index (χ1v) is 16.2. The van der Waals surface area contributed by atoms with Gasteiger partial charge in [0.25, 0.3) is 0 Å². The molecule has 35 heavy (non-hydrogen) atoms. The van der Waals surface area contributed by atoms with E-state index in [9.17, 15) is 30.0 Å². The van der Waals surface area contributed by atoms with Gasteiger partial charge in [0, 0.05) is 43.9 Å². The molecule has 0 saturated carbocycles. The van der Waals surface area contributed by atoms with Crippen LogP contribution in [-0.4, -0.2) is 73.8 Å². The molecule has 2 aliphatic heterocycles. The number of nitrogens with one attached hydrogen (secondary N) is 1. The first-order chi connectivity index (χ1) is 16.3. The first kappa shape index (κ1) is 25.6. The number of amides is 2. The topological polar surface area (TPSA) is 138 Å². The molecule has 1 fully saturated rings. The minimum atomic E-state index is -3.95. The summed E-state index contributed by atoms with van der Waals surface area (Å²) in [5.41, 5.74) is 1.40. The number of sulfonamides is 1. The average molecular weight is 542 g/mol. The highest BCUT2D eigenvalue weighted by Crippen LogP contribution is 2.30. The summed E-state index contributed by atoms with van der Waals surface area (Å²) in [5, 5.41) is 2.90. The quantitative estimate of drug-likeness (QED) is 0.604. The molecule has 2 aromatic carbocycles. The molecule has 2 aromatic rings. The van der Waals surface area contributed by atoms with Gasteiger partial charge in [-0.1, -0.05) is 6.07 Å². The Morgan fingerprint density at radius 1 is 0.886 bits per heavy atom. The number of hydrogen-bond acceptors (Lipinski definition) is 7. The Bertz CT molecular complexity index is 1490. The lowest BCUT2D eigenvalue weighted by molar-refractivity contribution is 0.231. The summed E-state index contributed by atoms with van der Waals surface area (Å²) in [7, 11) is -10.9. The number of urea groups is 1. The maximum atomic E-state index is 13.2. The van der Waals surface area contributed by atoms with Gasteiger partial charge in [-0.05, 0) is 61.2 Å². The Morgan fingerprint density at radius 3 is 2.23 bits per heavy atom. The fourth-order valence-electron chi connectivity index (χ4n) is 4.37. The van der Waals surface area contributed by atoms with Crippen LogP contribution in [0.3, 0.4) is 0 Å². The normalized spacial score (nSPS) is 19.4. The standard InChI is InChI=1S/C22H27N3O7S3/c1-33(27,28)18-6-3-7-20(14-18)35(31,32)24-11-4-5-17(15-24)23-22(26)25-12-10-16-13-19(34(2,29)30)8-9-21(16)25/h3,6-9,13-14,17H,4-5,10-12,15H2,1-2H3,(H,23,26). The summed E-state index contributed by atoms with van der Waals surface area (Å²) in [5.74, 6) is 0. The van der Waals surface area contributed by atoms with Gasteiger partial charge >= 0.3 is 6.03 Å². The third-order valence-corrected chi connectivity index (χ3v) is 10.3. The first-order valence-electron chi connectivity index (χ1n) is 11.0. The molecule has 0 aromatic heterocycles. The molecule has 2 heterocycles. The number of carbonyl (C=O) groups is 1. The van der Waals surface area contributed by atoms with Gasteiger partial charge in [0.1, 0.15) is 0 Å². The van der Waals surface area contributed by atoms with Gasteiger partial charge in [-0.15, -0.1) is 0 Å². The van der Waals surface area contributed by atoms with Gasteiger partial charge in [0.2, 0.25) is 10.0 Å². The molecule has 2 amide bonds. The van der Waals surface area contributed by atoms with Crippen LogP contribution in [0.4, 0.5) is 10.5 Å². The molecule has 2 aliphatic rings. The average Bonchev–Trinajstić information content (AvgIpc) is 3.22. The number of nitrogens with zero attached hydrogens (tertiary/aromatic N) is 2. The van der Waals surface area contributed by atoms with E-state index < -0.39 is 35.7 Å². The predicted octanol–water partition coefficient (Wildman–Crippen LogP) is 1.42. The number of sulfone groups is 2. The molecule has 0 bridgehead atoms. The van der Waals surface area contributed by atoms with Crippen molar-refractivity contribution in [2.75, 3.05) is 37.0 Å². The zero-order chi connectivity index (χ0) is 25.6. The molecule has 1 unspecified atom stereocenters. The monoisotopic (exact) mass is 541 g/mol. The molecule has 1 atom stereocenters. The number of piperidine rings is 1. The Labute approximate surface area is 205 Å². The summed E-state index contributed by atoms with van der Waals surface area (Å²) >= 11 is 0. The van der Waals surface area contributed by atoms with Crippen LogP contribution in [-0.2, 0) is 36.1 Å². The van der Waals surface area contributed by atoms with E-state index >= 15 is 0 Å². The summed E-state index contributed by atoms with van der Waals surface area (Å²) in [6.07, 6.45) is 3.80. The van der Waals surface area contributed by atoms with E-state index in [1.807, 2.05) is 0 Å². The SMILES string of the molecule is CS(=O)(=O)c1cccc(S(=O)(=O)N2CCCC(NC(=O)N3CCc4cc(S(C)(=O)=O)ccc43)C2)c1. The van der Waals surface area contributed by atoms with Crippen LogP contribution in [0, 0.1) is 0 Å². The maximum absolute atomic E-state index is 13.2. The Hall–Kier alpha value is -2.48. The number of hydrogen-bond donors (Lipinski definition) is 1. The van der Waals surface area contributed by atoms with Crippen LogP contribution in [0.25, 0.3) is 0 Å². The molecular weight excluding hydrogens is 514 g/mol. The van der Waals surface area contributed by atoms with Crippen molar-refractivity contribution >= 4 is 41.4 Å². The number of fused-ring (bicyclic) bond motifs is 1. The van der Waals surface area contributed by atoms with Crippen molar-refractivity contribution < 1.29 is 30.0 Å². The van der Waals surface area contributed by atoms with Gasteiger partial charge in [0.15, 0.2) is 19.7 Å². The van der Waals surface area contributed by atoms with Crippen LogP contribution in [0.2, 0.25) is 0 Å². The molecule has 10 nitrogen and oxygen atoms in total. The molecule has 0 aliphatic carbocycles. The highest BCUT2D eigenvalue weighted by atomic mass is 32.2. The van der Waals surface area contributed by atoms with Crippen molar-refractivity contribution in [3.05, 3.63) is 48.0 Å². The Morgan fingerprint density at radius 2 is 1.54 bits per heavy atom. The second-order valence-corrected chi connectivity index (χ2v) is 14.8. The second-order valence-electron chi connectivity index (χ2n) is 8.86. The Kier molecular flexibility index (Phi) is 6.72. The van der Waals surface area contributed by atoms with Crippen LogP contribution in [0.15, 0.2) is 57.2 Å². The lowest BCUT2D eigenvalue weighted by atomic mass is 10.1. The fourth-order valence-corrected chi connectivity index (χ4v) is 7.35. The summed E-state index contributed by atoms with van der Waals surface area (Å²) in [6.45, 7) is 0.713.